The Bertz CT molecular complexity index is 325. The van der Waals surface area contributed by atoms with Crippen molar-refractivity contribution in [2.24, 2.45) is 5.73 Å². The maximum Gasteiger partial charge on any atom is 0.115 e. The lowest BCUT2D eigenvalue weighted by molar-refractivity contribution is 0.461. The second-order valence-electron chi connectivity index (χ2n) is 3.72. The number of fused-ring (bicyclic) bond motifs is 1. The van der Waals surface area contributed by atoms with E-state index in [0.717, 1.165) is 19.4 Å². The van der Waals surface area contributed by atoms with Crippen molar-refractivity contribution in [3.8, 4) is 5.75 Å². The first-order chi connectivity index (χ1) is 6.81. The van der Waals surface area contributed by atoms with Gasteiger partial charge < -0.3 is 16.2 Å². The molecule has 76 valence electrons. The molecule has 0 aromatic heterocycles. The van der Waals surface area contributed by atoms with Gasteiger partial charge in [0.1, 0.15) is 5.75 Å². The topological polar surface area (TPSA) is 58.3 Å². The van der Waals surface area contributed by atoms with Gasteiger partial charge in [0.2, 0.25) is 0 Å². The van der Waals surface area contributed by atoms with Crippen molar-refractivity contribution in [2.75, 3.05) is 13.1 Å². The Balaban J connectivity index is 2.30. The van der Waals surface area contributed by atoms with Crippen molar-refractivity contribution in [2.45, 2.75) is 18.9 Å². The van der Waals surface area contributed by atoms with Crippen LogP contribution in [0.15, 0.2) is 18.2 Å². The molecule has 1 aliphatic rings. The fourth-order valence-electron chi connectivity index (χ4n) is 2.06. The zero-order chi connectivity index (χ0) is 9.97. The number of hydrogen-bond donors (Lipinski definition) is 3. The fourth-order valence-corrected chi connectivity index (χ4v) is 2.06. The molecule has 3 heteroatoms. The number of rotatable bonds is 2. The third-order valence-electron chi connectivity index (χ3n) is 2.74. The molecule has 0 aliphatic carbocycles. The molecular formula is C11H16N2O. The van der Waals surface area contributed by atoms with Crippen LogP contribution in [0.1, 0.15) is 23.6 Å². The van der Waals surface area contributed by atoms with Crippen molar-refractivity contribution >= 4 is 0 Å². The third kappa shape index (κ3) is 1.74. The summed E-state index contributed by atoms with van der Waals surface area (Å²) >= 11 is 0. The number of aromatic hydroxyl groups is 1. The molecule has 0 bridgehead atoms. The van der Waals surface area contributed by atoms with E-state index in [-0.39, 0.29) is 0 Å². The summed E-state index contributed by atoms with van der Waals surface area (Å²) in [6.45, 7) is 1.67. The molecule has 0 spiro atoms. The molecule has 0 fully saturated rings. The van der Waals surface area contributed by atoms with Gasteiger partial charge in [0.15, 0.2) is 0 Å². The second-order valence-corrected chi connectivity index (χ2v) is 3.72. The third-order valence-corrected chi connectivity index (χ3v) is 2.74. The molecule has 1 atom stereocenters. The van der Waals surface area contributed by atoms with E-state index < -0.39 is 0 Å². The van der Waals surface area contributed by atoms with Crippen molar-refractivity contribution in [1.82, 2.24) is 5.32 Å². The number of benzene rings is 1. The molecule has 3 nitrogen and oxygen atoms in total. The van der Waals surface area contributed by atoms with Gasteiger partial charge in [0, 0.05) is 6.04 Å². The van der Waals surface area contributed by atoms with Crippen LogP contribution in [0.4, 0.5) is 0 Å². The Labute approximate surface area is 83.9 Å². The van der Waals surface area contributed by atoms with Crippen LogP contribution in [-0.2, 0) is 6.42 Å². The van der Waals surface area contributed by atoms with Crippen LogP contribution in [0.5, 0.6) is 5.75 Å². The van der Waals surface area contributed by atoms with Gasteiger partial charge in [-0.1, -0.05) is 6.07 Å². The zero-order valence-electron chi connectivity index (χ0n) is 8.16. The van der Waals surface area contributed by atoms with Gasteiger partial charge in [0.05, 0.1) is 0 Å². The lowest BCUT2D eigenvalue weighted by Crippen LogP contribution is -2.31. The highest BCUT2D eigenvalue weighted by Gasteiger charge is 2.18. The molecule has 0 saturated heterocycles. The van der Waals surface area contributed by atoms with Crippen LogP contribution in [-0.4, -0.2) is 18.2 Å². The Hall–Kier alpha value is -1.06. The smallest absolute Gasteiger partial charge is 0.115 e. The summed E-state index contributed by atoms with van der Waals surface area (Å²) in [5.41, 5.74) is 8.10. The summed E-state index contributed by atoms with van der Waals surface area (Å²) < 4.78 is 0. The van der Waals surface area contributed by atoms with Crippen LogP contribution in [0.2, 0.25) is 0 Å². The first-order valence-electron chi connectivity index (χ1n) is 5.06. The Morgan fingerprint density at radius 2 is 2.36 bits per heavy atom. The average molecular weight is 192 g/mol. The van der Waals surface area contributed by atoms with Crippen molar-refractivity contribution in [3.05, 3.63) is 29.3 Å². The van der Waals surface area contributed by atoms with Crippen LogP contribution >= 0.6 is 0 Å². The van der Waals surface area contributed by atoms with Gasteiger partial charge in [-0.15, -0.1) is 0 Å². The van der Waals surface area contributed by atoms with E-state index in [0.29, 0.717) is 18.3 Å². The maximum atomic E-state index is 9.36. The van der Waals surface area contributed by atoms with E-state index in [1.807, 2.05) is 12.1 Å². The summed E-state index contributed by atoms with van der Waals surface area (Å²) in [5.74, 6) is 0.358. The molecule has 1 aliphatic heterocycles. The largest absolute Gasteiger partial charge is 0.508 e. The normalized spacial score (nSPS) is 20.5. The minimum atomic E-state index is 0.358. The number of nitrogens with two attached hydrogens (primary N) is 1. The molecule has 0 radical (unpaired) electrons. The monoisotopic (exact) mass is 192 g/mol. The van der Waals surface area contributed by atoms with Crippen molar-refractivity contribution in [1.29, 1.82) is 0 Å². The van der Waals surface area contributed by atoms with E-state index in [4.69, 9.17) is 5.73 Å². The number of phenols is 1. The lowest BCUT2D eigenvalue weighted by Gasteiger charge is -2.26. The second kappa shape index (κ2) is 3.98. The summed E-state index contributed by atoms with van der Waals surface area (Å²) in [7, 11) is 0. The Morgan fingerprint density at radius 1 is 1.50 bits per heavy atom. The van der Waals surface area contributed by atoms with Crippen LogP contribution in [0, 0.1) is 0 Å². The number of hydrogen-bond acceptors (Lipinski definition) is 3. The highest BCUT2D eigenvalue weighted by Crippen LogP contribution is 2.27. The van der Waals surface area contributed by atoms with Crippen LogP contribution < -0.4 is 11.1 Å². The van der Waals surface area contributed by atoms with Gasteiger partial charge in [-0.3, -0.25) is 0 Å². The first-order valence-corrected chi connectivity index (χ1v) is 5.06. The van der Waals surface area contributed by atoms with E-state index in [1.165, 1.54) is 11.1 Å². The van der Waals surface area contributed by atoms with E-state index in [9.17, 15) is 5.11 Å². The molecule has 2 rings (SSSR count). The Morgan fingerprint density at radius 3 is 3.14 bits per heavy atom. The molecule has 0 amide bonds. The highest BCUT2D eigenvalue weighted by atomic mass is 16.3. The first kappa shape index (κ1) is 9.49. The van der Waals surface area contributed by atoms with Crippen molar-refractivity contribution in [3.63, 3.8) is 0 Å². The molecule has 1 aromatic carbocycles. The molecule has 0 saturated carbocycles. The SMILES string of the molecule is NCCC1NCCc2cc(O)ccc21. The van der Waals surface area contributed by atoms with Gasteiger partial charge in [-0.05, 0) is 49.2 Å². The van der Waals surface area contributed by atoms with Gasteiger partial charge in [-0.25, -0.2) is 0 Å². The quantitative estimate of drug-likeness (QED) is 0.653. The maximum absolute atomic E-state index is 9.36. The average Bonchev–Trinajstić information content (AvgIpc) is 2.18. The summed E-state index contributed by atoms with van der Waals surface area (Å²) in [5, 5.41) is 12.8. The summed E-state index contributed by atoms with van der Waals surface area (Å²) in [6, 6.07) is 5.97. The van der Waals surface area contributed by atoms with Crippen LogP contribution in [0.25, 0.3) is 0 Å². The molecule has 4 N–H and O–H groups in total. The molecule has 1 heterocycles. The number of phenolic OH excluding ortho intramolecular Hbond substituents is 1. The van der Waals surface area contributed by atoms with Gasteiger partial charge in [0.25, 0.3) is 0 Å². The standard InChI is InChI=1S/C11H16N2O/c12-5-3-11-10-2-1-9(14)7-8(10)4-6-13-11/h1-2,7,11,13-14H,3-6,12H2. The zero-order valence-corrected chi connectivity index (χ0v) is 8.16. The molecule has 14 heavy (non-hydrogen) atoms. The fraction of sp³-hybridized carbons (Fsp3) is 0.455. The van der Waals surface area contributed by atoms with E-state index in [1.54, 1.807) is 6.07 Å². The minimum Gasteiger partial charge on any atom is -0.508 e. The van der Waals surface area contributed by atoms with E-state index >= 15 is 0 Å². The molecule has 1 aromatic rings. The van der Waals surface area contributed by atoms with Crippen LogP contribution in [0.3, 0.4) is 0 Å². The van der Waals surface area contributed by atoms with Gasteiger partial charge in [-0.2, -0.15) is 0 Å². The van der Waals surface area contributed by atoms with Crippen molar-refractivity contribution < 1.29 is 5.11 Å². The Kier molecular flexibility index (Phi) is 2.70. The predicted molar refractivity (Wildman–Crippen MR) is 56.2 cm³/mol. The summed E-state index contributed by atoms with van der Waals surface area (Å²) in [6.07, 6.45) is 1.95. The van der Waals surface area contributed by atoms with E-state index in [2.05, 4.69) is 5.32 Å². The predicted octanol–water partition coefficient (Wildman–Crippen LogP) is 0.928. The number of nitrogens with one attached hydrogen (secondary N) is 1. The van der Waals surface area contributed by atoms with Gasteiger partial charge >= 0.3 is 0 Å². The summed E-state index contributed by atoms with van der Waals surface area (Å²) in [4.78, 5) is 0. The minimum absolute atomic E-state index is 0.358. The molecule has 1 unspecified atom stereocenters. The lowest BCUT2D eigenvalue weighted by atomic mass is 9.92. The molecular weight excluding hydrogens is 176 g/mol. The highest BCUT2D eigenvalue weighted by molar-refractivity contribution is 5.38.